The average Bonchev–Trinajstić information content (AvgIpc) is 3.05. The molecule has 6 rings (SSSR count). The van der Waals surface area contributed by atoms with E-state index in [0.29, 0.717) is 30.4 Å². The van der Waals surface area contributed by atoms with Crippen LogP contribution in [0.1, 0.15) is 49.8 Å². The summed E-state index contributed by atoms with van der Waals surface area (Å²) in [7, 11) is 0. The maximum Gasteiger partial charge on any atom is 0.430 e. The molecule has 186 valence electrons. The quantitative estimate of drug-likeness (QED) is 0.314. The van der Waals surface area contributed by atoms with Gasteiger partial charge in [-0.15, -0.1) is 0 Å². The largest absolute Gasteiger partial charge is 0.430 e. The van der Waals surface area contributed by atoms with E-state index in [4.69, 9.17) is 4.42 Å². The minimum absolute atomic E-state index is 0.134. The van der Waals surface area contributed by atoms with E-state index >= 15 is 8.78 Å². The van der Waals surface area contributed by atoms with Gasteiger partial charge in [0.1, 0.15) is 34.8 Å². The Morgan fingerprint density at radius 3 is 2.61 bits per heavy atom. The average molecular weight is 503 g/mol. The molecule has 36 heavy (non-hydrogen) atoms. The van der Waals surface area contributed by atoms with Gasteiger partial charge in [-0.3, -0.25) is 0 Å². The number of pyridine rings is 1. The summed E-state index contributed by atoms with van der Waals surface area (Å²) in [4.78, 5) is 15.4. The van der Waals surface area contributed by atoms with Gasteiger partial charge in [0.2, 0.25) is 11.2 Å². The zero-order valence-electron chi connectivity index (χ0n) is 19.7. The van der Waals surface area contributed by atoms with Crippen LogP contribution in [-0.2, 0) is 17.1 Å². The molecule has 0 spiro atoms. The number of benzene rings is 1. The minimum Gasteiger partial charge on any atom is -0.380 e. The highest BCUT2D eigenvalue weighted by Gasteiger charge is 2.84. The number of hydrogen-bond acceptors (Lipinski definition) is 2. The standard InChI is InChI=1S/C26H21F5N3O2/c1-4-7-25-20(22-33-10-8-32-21(33)23(35)36-22)24(25,5-2)14-12-15(27)18(26(29,30)31)19(28)17(14)16-11-13(3)6-9-34(16)25/h6,8-12H,4-5,7H2,1-3H3/q+1/p+1. The molecule has 4 aromatic rings. The highest BCUT2D eigenvalue weighted by Crippen LogP contribution is 2.73. The maximum atomic E-state index is 15.8. The zero-order chi connectivity index (χ0) is 25.8. The first-order valence-electron chi connectivity index (χ1n) is 11.7. The van der Waals surface area contributed by atoms with E-state index in [-0.39, 0.29) is 28.0 Å². The Bertz CT molecular complexity index is 1700. The van der Waals surface area contributed by atoms with Gasteiger partial charge in [0, 0.05) is 18.6 Å². The summed E-state index contributed by atoms with van der Waals surface area (Å²) in [6.45, 7) is 5.55. The van der Waals surface area contributed by atoms with Crippen molar-refractivity contribution in [3.63, 3.8) is 0 Å². The Morgan fingerprint density at radius 1 is 1.19 bits per heavy atom. The molecule has 2 aliphatic rings. The minimum atomic E-state index is -5.21. The normalized spacial score (nSPS) is 24.0. The van der Waals surface area contributed by atoms with Crippen molar-refractivity contribution in [1.29, 1.82) is 0 Å². The highest BCUT2D eigenvalue weighted by molar-refractivity contribution is 5.90. The van der Waals surface area contributed by atoms with Crippen LogP contribution >= 0.6 is 0 Å². The van der Waals surface area contributed by atoms with Crippen LogP contribution in [0.3, 0.4) is 0 Å². The van der Waals surface area contributed by atoms with E-state index in [1.54, 1.807) is 46.6 Å². The molecule has 1 saturated carbocycles. The maximum absolute atomic E-state index is 15.8. The van der Waals surface area contributed by atoms with Gasteiger partial charge in [0.05, 0.1) is 5.56 Å². The molecule has 3 aromatic heterocycles. The second-order valence-corrected chi connectivity index (χ2v) is 9.54. The number of nitrogens with one attached hydrogen (secondary N) is 1. The van der Waals surface area contributed by atoms with E-state index in [2.05, 4.69) is 4.98 Å². The number of halogens is 5. The summed E-state index contributed by atoms with van der Waals surface area (Å²) >= 11 is 0. The van der Waals surface area contributed by atoms with Crippen LogP contribution in [0.4, 0.5) is 22.0 Å². The number of aromatic amines is 1. The van der Waals surface area contributed by atoms with Crippen molar-refractivity contribution in [3.8, 4) is 11.3 Å². The zero-order valence-corrected chi connectivity index (χ0v) is 19.7. The molecule has 1 aromatic carbocycles. The van der Waals surface area contributed by atoms with Crippen molar-refractivity contribution < 1.29 is 35.9 Å². The third kappa shape index (κ3) is 2.47. The molecule has 10 heteroatoms. The third-order valence-corrected chi connectivity index (χ3v) is 7.87. The molecule has 0 radical (unpaired) electrons. The lowest BCUT2D eigenvalue weighted by Crippen LogP contribution is -2.55. The van der Waals surface area contributed by atoms with Crippen LogP contribution in [0, 0.1) is 18.6 Å². The van der Waals surface area contributed by atoms with E-state index in [1.165, 1.54) is 0 Å². The van der Waals surface area contributed by atoms with Crippen molar-refractivity contribution >= 4 is 11.2 Å². The first-order valence-corrected chi connectivity index (χ1v) is 11.7. The Hall–Kier alpha value is -3.56. The topological polar surface area (TPSA) is 52.6 Å². The molecular weight excluding hydrogens is 481 g/mol. The summed E-state index contributed by atoms with van der Waals surface area (Å²) in [5.41, 5.74) is -2.66. The molecule has 1 N–H and O–H groups in total. The number of rotatable bonds is 3. The second-order valence-electron chi connectivity index (χ2n) is 9.54. The van der Waals surface area contributed by atoms with Gasteiger partial charge in [-0.25, -0.2) is 18.6 Å². The van der Waals surface area contributed by atoms with Gasteiger partial charge in [0.25, 0.3) is 0 Å². The lowest BCUT2D eigenvalue weighted by atomic mass is 9.78. The Balaban J connectivity index is 1.86. The Morgan fingerprint density at radius 2 is 1.94 bits per heavy atom. The third-order valence-electron chi connectivity index (χ3n) is 7.87. The Labute approximate surface area is 201 Å². The molecule has 0 bridgehead atoms. The summed E-state index contributed by atoms with van der Waals surface area (Å²) in [5, 5.41) is 0. The molecule has 0 saturated heterocycles. The fourth-order valence-electron chi connectivity index (χ4n) is 6.64. The molecule has 4 heterocycles. The number of imidazole rings is 1. The van der Waals surface area contributed by atoms with Crippen LogP contribution in [0.25, 0.3) is 22.5 Å². The van der Waals surface area contributed by atoms with Crippen molar-refractivity contribution in [2.24, 2.45) is 0 Å². The van der Waals surface area contributed by atoms with E-state index in [1.807, 2.05) is 13.8 Å². The molecule has 1 aliphatic heterocycles. The van der Waals surface area contributed by atoms with Crippen LogP contribution in [0.15, 0.2) is 46.0 Å². The number of alkyl halides is 3. The molecular formula is C26H22F5N3O2+2. The predicted octanol–water partition coefficient (Wildman–Crippen LogP) is 4.01. The number of nitrogens with zero attached hydrogens (tertiary/aromatic N) is 2. The van der Waals surface area contributed by atoms with Gasteiger partial charge in [-0.1, -0.05) is 13.8 Å². The number of aryl methyl sites for hydroxylation is 1. The van der Waals surface area contributed by atoms with Gasteiger partial charge < -0.3 is 4.42 Å². The summed E-state index contributed by atoms with van der Waals surface area (Å²) in [5.74, 6) is -3.29. The second kappa shape index (κ2) is 7.02. The van der Waals surface area contributed by atoms with Crippen molar-refractivity contribution in [3.05, 3.63) is 81.1 Å². The van der Waals surface area contributed by atoms with Gasteiger partial charge in [-0.2, -0.15) is 22.1 Å². The number of hydrogen-bond donors (Lipinski definition) is 0. The van der Waals surface area contributed by atoms with Gasteiger partial charge >= 0.3 is 23.0 Å². The number of H-pyrrole nitrogens is 1. The van der Waals surface area contributed by atoms with Gasteiger partial charge in [-0.05, 0) is 37.0 Å². The van der Waals surface area contributed by atoms with Crippen LogP contribution in [0.5, 0.6) is 0 Å². The molecule has 0 amide bonds. The fraction of sp³-hybridized carbons (Fsp3) is 0.346. The van der Waals surface area contributed by atoms with E-state index < -0.39 is 40.0 Å². The molecule has 2 atom stereocenters. The molecule has 5 nitrogen and oxygen atoms in total. The monoisotopic (exact) mass is 503 g/mol. The highest BCUT2D eigenvalue weighted by atomic mass is 19.4. The van der Waals surface area contributed by atoms with Crippen LogP contribution in [-0.4, -0.2) is 4.40 Å². The Kier molecular flexibility index (Phi) is 4.46. The summed E-state index contributed by atoms with van der Waals surface area (Å²) < 4.78 is 81.1. The van der Waals surface area contributed by atoms with Crippen molar-refractivity contribution in [1.82, 2.24) is 4.40 Å². The van der Waals surface area contributed by atoms with Crippen molar-refractivity contribution in [2.75, 3.05) is 0 Å². The van der Waals surface area contributed by atoms with Crippen LogP contribution < -0.4 is 20.7 Å². The van der Waals surface area contributed by atoms with E-state index in [9.17, 15) is 18.0 Å². The van der Waals surface area contributed by atoms with E-state index in [0.717, 1.165) is 6.07 Å². The smallest absolute Gasteiger partial charge is 0.380 e. The molecule has 1 fully saturated rings. The lowest BCUT2D eigenvalue weighted by Gasteiger charge is -2.29. The van der Waals surface area contributed by atoms with Crippen molar-refractivity contribution in [2.45, 2.75) is 57.2 Å². The predicted molar refractivity (Wildman–Crippen MR) is 118 cm³/mol. The molecule has 1 aliphatic carbocycles. The number of aromatic nitrogens is 3. The number of oxazole rings is 1. The van der Waals surface area contributed by atoms with Crippen LogP contribution in [0.2, 0.25) is 0 Å². The first kappa shape index (κ1) is 22.9. The fourth-order valence-corrected chi connectivity index (χ4v) is 6.64. The summed E-state index contributed by atoms with van der Waals surface area (Å²) in [6.07, 6.45) is 1.21. The first-order chi connectivity index (χ1) is 17.0. The SMILES string of the molecule is CCCC12C(=c3oc(=O)c4[nH+]ccn34)C1(CC)c1cc(F)c(C(F)(F)F)c(F)c1-c1cc(C)cc[n+]12. The lowest BCUT2D eigenvalue weighted by molar-refractivity contribution is -0.730. The van der Waals surface area contributed by atoms with Gasteiger partial charge in [0.15, 0.2) is 12.0 Å². The summed E-state index contributed by atoms with van der Waals surface area (Å²) in [6, 6.07) is 4.25. The molecule has 2 unspecified atom stereocenters. The number of fused-ring (bicyclic) bond motifs is 7.